The number of hydrogen-bond acceptors (Lipinski definition) is 6. The maximum atomic E-state index is 11.8. The maximum absolute atomic E-state index is 11.8. The molecule has 2 aliphatic rings. The number of hydrogen-bond donors (Lipinski definition) is 0. The lowest BCUT2D eigenvalue weighted by Crippen LogP contribution is -2.26. The van der Waals surface area contributed by atoms with E-state index in [2.05, 4.69) is 9.47 Å². The minimum atomic E-state index is -0.904. The van der Waals surface area contributed by atoms with E-state index in [1.165, 1.54) is 14.2 Å². The zero-order chi connectivity index (χ0) is 13.4. The van der Waals surface area contributed by atoms with Crippen LogP contribution in [0.3, 0.4) is 0 Å². The van der Waals surface area contributed by atoms with E-state index in [4.69, 9.17) is 0 Å². The fourth-order valence-corrected chi connectivity index (χ4v) is 3.10. The van der Waals surface area contributed by atoms with E-state index < -0.39 is 35.6 Å². The lowest BCUT2D eigenvalue weighted by molar-refractivity contribution is -0.151. The van der Waals surface area contributed by atoms with E-state index in [0.717, 1.165) is 0 Å². The molecule has 0 aromatic heterocycles. The van der Waals surface area contributed by atoms with Crippen molar-refractivity contribution < 1.29 is 28.7 Å². The van der Waals surface area contributed by atoms with Gasteiger partial charge in [-0.05, 0) is 11.8 Å². The molecule has 4 atom stereocenters. The highest BCUT2D eigenvalue weighted by atomic mass is 16.5. The van der Waals surface area contributed by atoms with Crippen LogP contribution in [0, 0.1) is 23.7 Å². The molecule has 2 rings (SSSR count). The van der Waals surface area contributed by atoms with Crippen LogP contribution in [0.5, 0.6) is 0 Å². The van der Waals surface area contributed by atoms with E-state index >= 15 is 0 Å². The van der Waals surface area contributed by atoms with Crippen molar-refractivity contribution in [1.29, 1.82) is 0 Å². The first-order valence-electron chi connectivity index (χ1n) is 5.72. The number of ketones is 2. The number of rotatable bonds is 2. The fraction of sp³-hybridized carbons (Fsp3) is 0.667. The molecule has 0 aromatic carbocycles. The van der Waals surface area contributed by atoms with Gasteiger partial charge in [-0.2, -0.15) is 0 Å². The second-order valence-electron chi connectivity index (χ2n) is 4.67. The predicted molar refractivity (Wildman–Crippen MR) is 57.2 cm³/mol. The highest BCUT2D eigenvalue weighted by Crippen LogP contribution is 2.48. The van der Waals surface area contributed by atoms with Crippen LogP contribution in [0.25, 0.3) is 0 Å². The number of esters is 2. The van der Waals surface area contributed by atoms with Crippen molar-refractivity contribution in [3.8, 4) is 0 Å². The highest BCUT2D eigenvalue weighted by Gasteiger charge is 2.58. The summed E-state index contributed by atoms with van der Waals surface area (Å²) in [5.74, 6) is -4.38. The van der Waals surface area contributed by atoms with E-state index in [9.17, 15) is 19.2 Å². The molecule has 0 aliphatic heterocycles. The van der Waals surface area contributed by atoms with Gasteiger partial charge in [-0.3, -0.25) is 19.2 Å². The van der Waals surface area contributed by atoms with Crippen LogP contribution in [0.15, 0.2) is 0 Å². The van der Waals surface area contributed by atoms with Crippen LogP contribution < -0.4 is 0 Å². The number of carbonyl (C=O) groups excluding carboxylic acids is 4. The third kappa shape index (κ3) is 1.72. The molecule has 0 heterocycles. The Morgan fingerprint density at radius 2 is 1.22 bits per heavy atom. The van der Waals surface area contributed by atoms with Gasteiger partial charge in [-0.25, -0.2) is 0 Å². The second kappa shape index (κ2) is 4.51. The number of methoxy groups -OCH3 is 2. The monoisotopic (exact) mass is 254 g/mol. The summed E-state index contributed by atoms with van der Waals surface area (Å²) in [4.78, 5) is 46.7. The Balaban J connectivity index is 2.27. The minimum absolute atomic E-state index is 0.0654. The summed E-state index contributed by atoms with van der Waals surface area (Å²) in [5.41, 5.74) is 0. The van der Waals surface area contributed by atoms with Crippen LogP contribution in [0.1, 0.15) is 12.8 Å². The summed E-state index contributed by atoms with van der Waals surface area (Å²) in [7, 11) is 2.41. The first-order valence-corrected chi connectivity index (χ1v) is 5.72. The van der Waals surface area contributed by atoms with Gasteiger partial charge in [0.25, 0.3) is 0 Å². The number of ether oxygens (including phenoxy) is 2. The summed E-state index contributed by atoms with van der Waals surface area (Å²) < 4.78 is 9.17. The van der Waals surface area contributed by atoms with Crippen LogP contribution in [0.2, 0.25) is 0 Å². The molecule has 0 saturated heterocycles. The molecule has 18 heavy (non-hydrogen) atoms. The normalized spacial score (nSPS) is 34.3. The molecule has 0 bridgehead atoms. The third-order valence-corrected chi connectivity index (χ3v) is 3.88. The van der Waals surface area contributed by atoms with Crippen molar-refractivity contribution in [2.45, 2.75) is 12.8 Å². The molecule has 0 spiro atoms. The van der Waals surface area contributed by atoms with Crippen LogP contribution >= 0.6 is 0 Å². The zero-order valence-corrected chi connectivity index (χ0v) is 10.2. The van der Waals surface area contributed by atoms with Gasteiger partial charge in [-0.1, -0.05) is 0 Å². The average Bonchev–Trinajstić information content (AvgIpc) is 2.80. The molecule has 2 aliphatic carbocycles. The molecule has 6 heteroatoms. The number of fused-ring (bicyclic) bond motifs is 1. The van der Waals surface area contributed by atoms with E-state index in [0.29, 0.717) is 0 Å². The van der Waals surface area contributed by atoms with Crippen LogP contribution in [-0.4, -0.2) is 37.7 Å². The van der Waals surface area contributed by atoms with E-state index in [1.807, 2.05) is 0 Å². The van der Waals surface area contributed by atoms with Gasteiger partial charge in [0.05, 0.1) is 14.2 Å². The first-order chi connectivity index (χ1) is 8.51. The van der Waals surface area contributed by atoms with Gasteiger partial charge >= 0.3 is 11.9 Å². The number of carbonyl (C=O) groups is 4. The van der Waals surface area contributed by atoms with Gasteiger partial charge < -0.3 is 9.47 Å². The molecule has 2 fully saturated rings. The zero-order valence-electron chi connectivity index (χ0n) is 10.2. The van der Waals surface area contributed by atoms with Gasteiger partial charge in [0.1, 0.15) is 23.4 Å². The molecular formula is C12H14O6. The predicted octanol–water partition coefficient (Wildman–Crippen LogP) is -0.257. The van der Waals surface area contributed by atoms with E-state index in [1.54, 1.807) is 0 Å². The Labute approximate surface area is 104 Å². The molecule has 2 unspecified atom stereocenters. The molecule has 0 radical (unpaired) electrons. The van der Waals surface area contributed by atoms with Gasteiger partial charge in [-0.15, -0.1) is 0 Å². The van der Waals surface area contributed by atoms with Crippen molar-refractivity contribution in [2.75, 3.05) is 14.2 Å². The van der Waals surface area contributed by atoms with Crippen molar-refractivity contribution in [3.63, 3.8) is 0 Å². The summed E-state index contributed by atoms with van der Waals surface area (Å²) in [6, 6.07) is 0. The molecular weight excluding hydrogens is 240 g/mol. The topological polar surface area (TPSA) is 86.7 Å². The summed E-state index contributed by atoms with van der Waals surface area (Å²) in [6.45, 7) is 0. The Morgan fingerprint density at radius 3 is 1.50 bits per heavy atom. The lowest BCUT2D eigenvalue weighted by atomic mass is 9.89. The van der Waals surface area contributed by atoms with Gasteiger partial charge in [0.15, 0.2) is 0 Å². The second-order valence-corrected chi connectivity index (χ2v) is 4.67. The average molecular weight is 254 g/mol. The molecule has 2 saturated carbocycles. The third-order valence-electron chi connectivity index (χ3n) is 3.88. The van der Waals surface area contributed by atoms with Crippen molar-refractivity contribution in [3.05, 3.63) is 0 Å². The fourth-order valence-electron chi connectivity index (χ4n) is 3.10. The van der Waals surface area contributed by atoms with Gasteiger partial charge in [0, 0.05) is 12.8 Å². The van der Waals surface area contributed by atoms with Crippen molar-refractivity contribution >= 4 is 23.5 Å². The quantitative estimate of drug-likeness (QED) is 0.498. The van der Waals surface area contributed by atoms with Crippen molar-refractivity contribution in [1.82, 2.24) is 0 Å². The SMILES string of the molecule is COC(=O)C1C(=O)C[C@@H]2C(C(=O)OC)C(=O)C[C@H]12. The van der Waals surface area contributed by atoms with Crippen molar-refractivity contribution in [2.24, 2.45) is 23.7 Å². The van der Waals surface area contributed by atoms with E-state index in [-0.39, 0.29) is 24.4 Å². The Kier molecular flexibility index (Phi) is 3.19. The molecule has 0 N–H and O–H groups in total. The molecule has 6 nitrogen and oxygen atoms in total. The van der Waals surface area contributed by atoms with Gasteiger partial charge in [0.2, 0.25) is 0 Å². The highest BCUT2D eigenvalue weighted by molar-refractivity contribution is 6.07. The Morgan fingerprint density at radius 1 is 0.889 bits per heavy atom. The molecule has 0 aromatic rings. The standard InChI is InChI=1S/C12H14O6/c1-17-11(15)9-5-3-8(14)10(12(16)18-2)6(5)4-7(9)13/h5-6,9-10H,3-4H2,1-2H3/t5-,6-,9?,10?/m0/s1. The minimum Gasteiger partial charge on any atom is -0.468 e. The maximum Gasteiger partial charge on any atom is 0.316 e. The summed E-state index contributed by atoms with van der Waals surface area (Å²) in [5, 5.41) is 0. The van der Waals surface area contributed by atoms with Crippen LogP contribution in [-0.2, 0) is 28.7 Å². The molecule has 0 amide bonds. The smallest absolute Gasteiger partial charge is 0.316 e. The lowest BCUT2D eigenvalue weighted by Gasteiger charge is -2.15. The largest absolute Gasteiger partial charge is 0.468 e. The summed E-state index contributed by atoms with van der Waals surface area (Å²) >= 11 is 0. The first kappa shape index (κ1) is 12.7. The number of Topliss-reactive ketones (excluding diaryl/α,β-unsaturated/α-hetero) is 2. The summed E-state index contributed by atoms with van der Waals surface area (Å²) in [6.07, 6.45) is 0.131. The Bertz CT molecular complexity index is 386. The van der Waals surface area contributed by atoms with Crippen LogP contribution in [0.4, 0.5) is 0 Å². The Hall–Kier alpha value is -1.72. The molecule has 98 valence electrons.